The summed E-state index contributed by atoms with van der Waals surface area (Å²) in [6, 6.07) is 12.7. The van der Waals surface area contributed by atoms with Crippen molar-refractivity contribution >= 4 is 17.5 Å². The van der Waals surface area contributed by atoms with E-state index >= 15 is 0 Å². The Bertz CT molecular complexity index is 1370. The highest BCUT2D eigenvalue weighted by molar-refractivity contribution is 5.90. The first-order valence-electron chi connectivity index (χ1n) is 11.9. The number of carbonyl (C=O) groups is 2. The predicted molar refractivity (Wildman–Crippen MR) is 135 cm³/mol. The highest BCUT2D eigenvalue weighted by Gasteiger charge is 2.47. The van der Waals surface area contributed by atoms with Crippen LogP contribution in [0.4, 0.5) is 4.39 Å². The van der Waals surface area contributed by atoms with Gasteiger partial charge in [-0.3, -0.25) is 0 Å². The van der Waals surface area contributed by atoms with E-state index < -0.39 is 34.9 Å². The van der Waals surface area contributed by atoms with Gasteiger partial charge in [-0.05, 0) is 66.8 Å². The highest BCUT2D eigenvalue weighted by atomic mass is 19.1. The van der Waals surface area contributed by atoms with Crippen LogP contribution >= 0.6 is 0 Å². The summed E-state index contributed by atoms with van der Waals surface area (Å²) < 4.78 is 35.1. The summed E-state index contributed by atoms with van der Waals surface area (Å²) >= 11 is 0. The van der Waals surface area contributed by atoms with Crippen molar-refractivity contribution in [2.45, 2.75) is 38.9 Å². The second-order valence-electron chi connectivity index (χ2n) is 10.0. The molecule has 0 saturated carbocycles. The molecule has 0 radical (unpaired) electrons. The van der Waals surface area contributed by atoms with E-state index in [9.17, 15) is 24.2 Å². The molecule has 200 valence electrons. The second-order valence-corrected chi connectivity index (χ2v) is 10.0. The number of halogens is 1. The number of furan rings is 1. The van der Waals surface area contributed by atoms with Crippen LogP contribution in [0.1, 0.15) is 53.7 Å². The Balaban J connectivity index is 1.73. The molecule has 4 rings (SSSR count). The number of carbonyl (C=O) groups excluding carboxylic acids is 2. The molecule has 0 aliphatic heterocycles. The van der Waals surface area contributed by atoms with Crippen LogP contribution in [0.3, 0.4) is 0 Å². The first-order valence-corrected chi connectivity index (χ1v) is 11.9. The van der Waals surface area contributed by atoms with Gasteiger partial charge in [-0.25, -0.2) is 14.0 Å². The van der Waals surface area contributed by atoms with Gasteiger partial charge in [0.05, 0.1) is 30.6 Å². The largest absolute Gasteiger partial charge is 0.496 e. The van der Waals surface area contributed by atoms with Crippen LogP contribution in [0.25, 0.3) is 5.57 Å². The number of aliphatic hydroxyl groups excluding tert-OH is 1. The molecule has 38 heavy (non-hydrogen) atoms. The fourth-order valence-electron chi connectivity index (χ4n) is 4.83. The van der Waals surface area contributed by atoms with Crippen LogP contribution in [-0.2, 0) is 4.74 Å². The lowest BCUT2D eigenvalue weighted by molar-refractivity contribution is -0.0191. The maximum atomic E-state index is 13.6. The third-order valence-corrected chi connectivity index (χ3v) is 6.59. The lowest BCUT2D eigenvalue weighted by atomic mass is 9.64. The molecular weight excluding hydrogens is 495 g/mol. The van der Waals surface area contributed by atoms with Crippen molar-refractivity contribution in [2.24, 2.45) is 5.41 Å². The van der Waals surface area contributed by atoms with Crippen LogP contribution in [-0.4, -0.2) is 47.6 Å². The summed E-state index contributed by atoms with van der Waals surface area (Å²) in [6.07, 6.45) is 0.461. The predicted octanol–water partition coefficient (Wildman–Crippen LogP) is 4.80. The van der Waals surface area contributed by atoms with Gasteiger partial charge in [0.1, 0.15) is 23.9 Å². The molecule has 0 bridgehead atoms. The van der Waals surface area contributed by atoms with Gasteiger partial charge in [0.15, 0.2) is 0 Å². The number of esters is 2. The van der Waals surface area contributed by atoms with Gasteiger partial charge >= 0.3 is 11.9 Å². The summed E-state index contributed by atoms with van der Waals surface area (Å²) in [5.74, 6) is -1.61. The number of rotatable bonds is 7. The Labute approximate surface area is 219 Å². The van der Waals surface area contributed by atoms with Crippen molar-refractivity contribution in [3.8, 4) is 11.5 Å². The molecule has 1 aliphatic rings. The Morgan fingerprint density at radius 2 is 1.84 bits per heavy atom. The van der Waals surface area contributed by atoms with E-state index in [-0.39, 0.29) is 41.4 Å². The zero-order chi connectivity index (χ0) is 27.7. The minimum Gasteiger partial charge on any atom is -0.496 e. The van der Waals surface area contributed by atoms with Crippen molar-refractivity contribution < 1.29 is 42.8 Å². The third kappa shape index (κ3) is 5.49. The molecule has 3 aromatic rings. The molecule has 2 atom stereocenters. The Morgan fingerprint density at radius 3 is 2.50 bits per heavy atom. The molecule has 0 amide bonds. The third-order valence-electron chi connectivity index (χ3n) is 6.59. The average Bonchev–Trinajstić information content (AvgIpc) is 3.40. The topological polar surface area (TPSA) is 115 Å². The Hall–Kier alpha value is -3.95. The Morgan fingerprint density at radius 1 is 1.08 bits per heavy atom. The van der Waals surface area contributed by atoms with Crippen molar-refractivity contribution in [1.82, 2.24) is 0 Å². The fraction of sp³-hybridized carbons (Fsp3) is 0.310. The minimum atomic E-state index is -1.46. The van der Waals surface area contributed by atoms with Crippen LogP contribution in [0.15, 0.2) is 70.9 Å². The average molecular weight is 525 g/mol. The molecule has 8 nitrogen and oxygen atoms in total. The molecule has 1 aromatic heterocycles. The number of ether oxygens (including phenoxy) is 3. The number of benzene rings is 2. The van der Waals surface area contributed by atoms with E-state index in [1.807, 2.05) is 13.8 Å². The number of methoxy groups -OCH3 is 1. The van der Waals surface area contributed by atoms with E-state index in [0.29, 0.717) is 11.1 Å². The molecule has 2 aromatic carbocycles. The minimum absolute atomic E-state index is 0.0174. The van der Waals surface area contributed by atoms with Gasteiger partial charge in [0.2, 0.25) is 5.76 Å². The van der Waals surface area contributed by atoms with Gasteiger partial charge in [-0.1, -0.05) is 19.9 Å². The highest BCUT2D eigenvalue weighted by Crippen LogP contribution is 2.49. The normalized spacial score (nSPS) is 20.7. The van der Waals surface area contributed by atoms with Crippen LogP contribution in [0, 0.1) is 11.2 Å². The van der Waals surface area contributed by atoms with Gasteiger partial charge < -0.3 is 28.8 Å². The SMILES string of the molecule is COc1cc(OC(=O)c2ccco2)ccc1C1=C(COC(=O)c2cccc(F)c2)C(C)(O)CC(C)(C)C1O. The maximum absolute atomic E-state index is 13.6. The quantitative estimate of drug-likeness (QED) is 0.335. The summed E-state index contributed by atoms with van der Waals surface area (Å²) in [6.45, 7) is 4.85. The molecule has 2 N–H and O–H groups in total. The van der Waals surface area contributed by atoms with E-state index in [1.165, 1.54) is 49.8 Å². The summed E-state index contributed by atoms with van der Waals surface area (Å²) in [4.78, 5) is 24.9. The van der Waals surface area contributed by atoms with Crippen LogP contribution < -0.4 is 9.47 Å². The van der Waals surface area contributed by atoms with E-state index in [2.05, 4.69) is 0 Å². The first-order chi connectivity index (χ1) is 17.9. The van der Waals surface area contributed by atoms with Gasteiger partial charge in [-0.15, -0.1) is 0 Å². The lowest BCUT2D eigenvalue weighted by Gasteiger charge is -2.46. The maximum Gasteiger partial charge on any atom is 0.379 e. The number of hydrogen-bond acceptors (Lipinski definition) is 8. The van der Waals surface area contributed by atoms with Crippen molar-refractivity contribution in [1.29, 1.82) is 0 Å². The summed E-state index contributed by atoms with van der Waals surface area (Å²) in [5, 5.41) is 22.9. The summed E-state index contributed by atoms with van der Waals surface area (Å²) in [5.41, 5.74) is -1.20. The molecule has 1 aliphatic carbocycles. The van der Waals surface area contributed by atoms with E-state index in [4.69, 9.17) is 18.6 Å². The van der Waals surface area contributed by atoms with Crippen molar-refractivity contribution in [3.05, 3.63) is 89.1 Å². The molecule has 9 heteroatoms. The van der Waals surface area contributed by atoms with Crippen LogP contribution in [0.5, 0.6) is 11.5 Å². The summed E-state index contributed by atoms with van der Waals surface area (Å²) in [7, 11) is 1.42. The molecule has 1 heterocycles. The van der Waals surface area contributed by atoms with Gasteiger partial charge in [0.25, 0.3) is 0 Å². The monoisotopic (exact) mass is 524 g/mol. The molecule has 0 saturated heterocycles. The molecule has 0 spiro atoms. The van der Waals surface area contributed by atoms with Crippen molar-refractivity contribution in [2.75, 3.05) is 13.7 Å². The van der Waals surface area contributed by atoms with Gasteiger partial charge in [0, 0.05) is 17.2 Å². The number of hydrogen-bond donors (Lipinski definition) is 2. The zero-order valence-corrected chi connectivity index (χ0v) is 21.5. The number of aliphatic hydroxyl groups is 2. The molecule has 0 fully saturated rings. The molecular formula is C29H29FO8. The van der Waals surface area contributed by atoms with Gasteiger partial charge in [-0.2, -0.15) is 0 Å². The Kier molecular flexibility index (Phi) is 7.44. The molecule has 2 unspecified atom stereocenters. The zero-order valence-electron chi connectivity index (χ0n) is 21.5. The second kappa shape index (κ2) is 10.4. The smallest absolute Gasteiger partial charge is 0.379 e. The first kappa shape index (κ1) is 27.1. The van der Waals surface area contributed by atoms with E-state index in [1.54, 1.807) is 19.1 Å². The lowest BCUT2D eigenvalue weighted by Crippen LogP contribution is -2.47. The van der Waals surface area contributed by atoms with Crippen molar-refractivity contribution in [3.63, 3.8) is 0 Å². The van der Waals surface area contributed by atoms with Crippen LogP contribution in [0.2, 0.25) is 0 Å². The standard InChI is InChI=1S/C29H29FO8/c1-28(2)16-29(3,34)21(15-37-26(32)17-7-5-8-18(30)13-17)24(25(28)31)20-11-10-19(14-23(20)35-4)38-27(33)22-9-6-12-36-22/h5-14,25,31,34H,15-16H2,1-4H3. The van der Waals surface area contributed by atoms with E-state index in [0.717, 1.165) is 6.07 Å². The fourth-order valence-corrected chi connectivity index (χ4v) is 4.83.